The quantitative estimate of drug-likeness (QED) is 0.158. The SMILES string of the molecule is CC[C@@H](C)NC(=O)[C@@H](Cc1ccccc1)N(Cc1cccc(Cl)c1)C(=O)CN(c1ccc(F)cc1)S(=O)(=O)c1ccc(OC)c(OC)c1. The summed E-state index contributed by atoms with van der Waals surface area (Å²) in [6.07, 6.45) is 0.822. The van der Waals surface area contributed by atoms with Crippen molar-refractivity contribution in [1.82, 2.24) is 10.2 Å². The monoisotopic (exact) mass is 695 g/mol. The first kappa shape index (κ1) is 36.2. The van der Waals surface area contributed by atoms with Gasteiger partial charge in [-0.3, -0.25) is 13.9 Å². The summed E-state index contributed by atoms with van der Waals surface area (Å²) in [5, 5.41) is 3.43. The maximum atomic E-state index is 14.6. The van der Waals surface area contributed by atoms with Crippen LogP contribution >= 0.6 is 11.6 Å². The molecular formula is C36H39ClFN3O6S. The van der Waals surface area contributed by atoms with E-state index in [0.717, 1.165) is 22.0 Å². The zero-order valence-corrected chi connectivity index (χ0v) is 28.8. The molecule has 0 fully saturated rings. The van der Waals surface area contributed by atoms with Crippen LogP contribution < -0.4 is 19.1 Å². The Bertz CT molecular complexity index is 1810. The molecule has 0 aromatic heterocycles. The van der Waals surface area contributed by atoms with E-state index in [4.69, 9.17) is 21.1 Å². The van der Waals surface area contributed by atoms with Crippen LogP contribution in [-0.2, 0) is 32.6 Å². The third-order valence-electron chi connectivity index (χ3n) is 7.85. The van der Waals surface area contributed by atoms with Crippen molar-refractivity contribution in [3.8, 4) is 11.5 Å². The first-order chi connectivity index (χ1) is 23.0. The van der Waals surface area contributed by atoms with Crippen molar-refractivity contribution in [2.45, 2.75) is 50.2 Å². The highest BCUT2D eigenvalue weighted by molar-refractivity contribution is 7.92. The Morgan fingerprint density at radius 3 is 2.17 bits per heavy atom. The lowest BCUT2D eigenvalue weighted by Gasteiger charge is -2.34. The molecule has 0 heterocycles. The van der Waals surface area contributed by atoms with Gasteiger partial charge in [0.1, 0.15) is 18.4 Å². The van der Waals surface area contributed by atoms with Gasteiger partial charge in [0.2, 0.25) is 11.8 Å². The minimum Gasteiger partial charge on any atom is -0.493 e. The lowest BCUT2D eigenvalue weighted by atomic mass is 10.0. The van der Waals surface area contributed by atoms with Crippen molar-refractivity contribution >= 4 is 39.1 Å². The van der Waals surface area contributed by atoms with Crippen LogP contribution in [0.15, 0.2) is 102 Å². The lowest BCUT2D eigenvalue weighted by molar-refractivity contribution is -0.140. The molecule has 0 saturated carbocycles. The van der Waals surface area contributed by atoms with Gasteiger partial charge < -0.3 is 19.7 Å². The van der Waals surface area contributed by atoms with Crippen LogP contribution in [0.25, 0.3) is 0 Å². The average Bonchev–Trinajstić information content (AvgIpc) is 3.09. The van der Waals surface area contributed by atoms with E-state index in [2.05, 4.69) is 5.32 Å². The number of amides is 2. The van der Waals surface area contributed by atoms with Crippen LogP contribution in [0.3, 0.4) is 0 Å². The number of anilines is 1. The predicted molar refractivity (Wildman–Crippen MR) is 184 cm³/mol. The number of benzene rings is 4. The van der Waals surface area contributed by atoms with E-state index in [-0.39, 0.29) is 41.2 Å². The van der Waals surface area contributed by atoms with Crippen LogP contribution in [0.4, 0.5) is 10.1 Å². The molecule has 2 amide bonds. The molecule has 0 spiro atoms. The van der Waals surface area contributed by atoms with Crippen molar-refractivity contribution in [1.29, 1.82) is 0 Å². The fourth-order valence-electron chi connectivity index (χ4n) is 5.07. The van der Waals surface area contributed by atoms with Gasteiger partial charge in [-0.25, -0.2) is 12.8 Å². The van der Waals surface area contributed by atoms with E-state index >= 15 is 0 Å². The van der Waals surface area contributed by atoms with Gasteiger partial charge in [-0.05, 0) is 73.0 Å². The second-order valence-corrected chi connectivity index (χ2v) is 13.5. The minimum absolute atomic E-state index is 0.0432. The van der Waals surface area contributed by atoms with E-state index in [1.54, 1.807) is 24.3 Å². The summed E-state index contributed by atoms with van der Waals surface area (Å²) in [5.41, 5.74) is 1.49. The third-order valence-corrected chi connectivity index (χ3v) is 9.86. The number of nitrogens with one attached hydrogen (secondary N) is 1. The summed E-state index contributed by atoms with van der Waals surface area (Å²) in [5.74, 6) is -1.16. The average molecular weight is 696 g/mol. The van der Waals surface area contributed by atoms with Gasteiger partial charge in [0.25, 0.3) is 10.0 Å². The Hall–Kier alpha value is -4.61. The molecule has 0 aliphatic rings. The maximum absolute atomic E-state index is 14.6. The molecule has 9 nitrogen and oxygen atoms in total. The highest BCUT2D eigenvalue weighted by Crippen LogP contribution is 2.32. The van der Waals surface area contributed by atoms with Crippen LogP contribution in [0.1, 0.15) is 31.4 Å². The summed E-state index contributed by atoms with van der Waals surface area (Å²) >= 11 is 6.30. The molecule has 4 rings (SSSR count). The molecule has 0 unspecified atom stereocenters. The number of nitrogens with zero attached hydrogens (tertiary/aromatic N) is 2. The fourth-order valence-corrected chi connectivity index (χ4v) is 6.71. The van der Waals surface area contributed by atoms with Crippen molar-refractivity contribution in [2.24, 2.45) is 0 Å². The molecular weight excluding hydrogens is 657 g/mol. The van der Waals surface area contributed by atoms with Crippen LogP contribution in [0.5, 0.6) is 11.5 Å². The fraction of sp³-hybridized carbons (Fsp3) is 0.278. The molecule has 0 aliphatic carbocycles. The molecule has 1 N–H and O–H groups in total. The number of halogens is 2. The molecule has 0 bridgehead atoms. The minimum atomic E-state index is -4.45. The van der Waals surface area contributed by atoms with Gasteiger partial charge in [-0.1, -0.05) is 61.0 Å². The predicted octanol–water partition coefficient (Wildman–Crippen LogP) is 6.25. The number of ether oxygens (including phenoxy) is 2. The molecule has 48 heavy (non-hydrogen) atoms. The summed E-state index contributed by atoms with van der Waals surface area (Å²) in [6.45, 7) is 3.06. The molecule has 2 atom stereocenters. The molecule has 12 heteroatoms. The zero-order valence-electron chi connectivity index (χ0n) is 27.2. The van der Waals surface area contributed by atoms with Gasteiger partial charge in [-0.15, -0.1) is 0 Å². The highest BCUT2D eigenvalue weighted by Gasteiger charge is 2.35. The van der Waals surface area contributed by atoms with E-state index in [1.165, 1.54) is 49.5 Å². The summed E-state index contributed by atoms with van der Waals surface area (Å²) in [6, 6.07) is 23.8. The zero-order chi connectivity index (χ0) is 34.8. The van der Waals surface area contributed by atoms with E-state index < -0.39 is 34.3 Å². The van der Waals surface area contributed by atoms with Gasteiger partial charge >= 0.3 is 0 Å². The van der Waals surface area contributed by atoms with Crippen LogP contribution in [0, 0.1) is 5.82 Å². The largest absolute Gasteiger partial charge is 0.493 e. The normalized spacial score (nSPS) is 12.5. The number of carbonyl (C=O) groups excluding carboxylic acids is 2. The Balaban J connectivity index is 1.83. The summed E-state index contributed by atoms with van der Waals surface area (Å²) < 4.78 is 54.1. The van der Waals surface area contributed by atoms with Gasteiger partial charge in [0, 0.05) is 30.1 Å². The number of carbonyl (C=O) groups is 2. The smallest absolute Gasteiger partial charge is 0.264 e. The number of rotatable bonds is 15. The van der Waals surface area contributed by atoms with Crippen molar-refractivity contribution in [2.75, 3.05) is 25.1 Å². The number of methoxy groups -OCH3 is 2. The highest BCUT2D eigenvalue weighted by atomic mass is 35.5. The second kappa shape index (κ2) is 16.5. The molecule has 0 saturated heterocycles. The molecule has 4 aromatic rings. The van der Waals surface area contributed by atoms with E-state index in [0.29, 0.717) is 22.8 Å². The van der Waals surface area contributed by atoms with Crippen molar-refractivity contribution < 1.29 is 31.9 Å². The van der Waals surface area contributed by atoms with Gasteiger partial charge in [0.15, 0.2) is 11.5 Å². The summed E-state index contributed by atoms with van der Waals surface area (Å²) in [4.78, 5) is 29.7. The standard InChI is InChI=1S/C36H39ClFN3O6S/c1-5-25(2)39-36(43)32(21-26-10-7-6-8-11-26)40(23-27-12-9-13-28(37)20-27)35(42)24-41(30-16-14-29(38)15-17-30)48(44,45)31-18-19-33(46-3)34(22-31)47-4/h6-20,22,25,32H,5,21,23-24H2,1-4H3,(H,39,43)/t25-,32-/m1/s1. The Morgan fingerprint density at radius 2 is 1.54 bits per heavy atom. The lowest BCUT2D eigenvalue weighted by Crippen LogP contribution is -2.54. The molecule has 254 valence electrons. The van der Waals surface area contributed by atoms with Crippen LogP contribution in [-0.4, -0.2) is 58.0 Å². The van der Waals surface area contributed by atoms with Crippen LogP contribution in [0.2, 0.25) is 5.02 Å². The first-order valence-electron chi connectivity index (χ1n) is 15.3. The van der Waals surface area contributed by atoms with E-state index in [9.17, 15) is 22.4 Å². The van der Waals surface area contributed by atoms with E-state index in [1.807, 2.05) is 44.2 Å². The number of sulfonamides is 1. The topological polar surface area (TPSA) is 105 Å². The second-order valence-electron chi connectivity index (χ2n) is 11.2. The number of hydrogen-bond acceptors (Lipinski definition) is 6. The molecule has 0 radical (unpaired) electrons. The first-order valence-corrected chi connectivity index (χ1v) is 17.2. The van der Waals surface area contributed by atoms with Gasteiger partial charge in [-0.2, -0.15) is 0 Å². The number of hydrogen-bond donors (Lipinski definition) is 1. The summed E-state index contributed by atoms with van der Waals surface area (Å²) in [7, 11) is -1.65. The third kappa shape index (κ3) is 9.05. The Morgan fingerprint density at radius 1 is 0.875 bits per heavy atom. The van der Waals surface area contributed by atoms with Crippen molar-refractivity contribution in [3.05, 3.63) is 119 Å². The van der Waals surface area contributed by atoms with Crippen molar-refractivity contribution in [3.63, 3.8) is 0 Å². The molecule has 0 aliphatic heterocycles. The maximum Gasteiger partial charge on any atom is 0.264 e. The Labute approximate surface area is 286 Å². The Kier molecular flexibility index (Phi) is 12.4. The van der Waals surface area contributed by atoms with Gasteiger partial charge in [0.05, 0.1) is 24.8 Å². The molecule has 4 aromatic carbocycles.